The molecule has 0 aliphatic rings. The summed E-state index contributed by atoms with van der Waals surface area (Å²) in [6.45, 7) is 0. The SMILES string of the molecule is O=C(O)c1[nH]c(OC(F)(F)F)cc(=O)c1C(F)F. The van der Waals surface area contributed by atoms with Gasteiger partial charge in [-0.1, -0.05) is 0 Å². The summed E-state index contributed by atoms with van der Waals surface area (Å²) in [5.41, 5.74) is -4.35. The van der Waals surface area contributed by atoms with E-state index in [9.17, 15) is 31.5 Å². The molecule has 2 N–H and O–H groups in total. The molecular weight excluding hydrogens is 269 g/mol. The summed E-state index contributed by atoms with van der Waals surface area (Å²) in [6.07, 6.45) is -8.63. The van der Waals surface area contributed by atoms with E-state index >= 15 is 0 Å². The van der Waals surface area contributed by atoms with Crippen LogP contribution in [-0.4, -0.2) is 22.4 Å². The number of ether oxygens (including phenoxy) is 1. The van der Waals surface area contributed by atoms with Crippen LogP contribution < -0.4 is 10.2 Å². The Hall–Kier alpha value is -2.13. The first-order chi connectivity index (χ1) is 8.11. The van der Waals surface area contributed by atoms with Crippen molar-refractivity contribution >= 4 is 5.97 Å². The second-order valence-corrected chi connectivity index (χ2v) is 2.94. The number of H-pyrrole nitrogens is 1. The van der Waals surface area contributed by atoms with Gasteiger partial charge < -0.3 is 14.8 Å². The van der Waals surface area contributed by atoms with E-state index in [1.165, 1.54) is 4.98 Å². The van der Waals surface area contributed by atoms with Gasteiger partial charge in [0.15, 0.2) is 5.43 Å². The molecule has 0 amide bonds. The first-order valence-electron chi connectivity index (χ1n) is 4.16. The van der Waals surface area contributed by atoms with Crippen molar-refractivity contribution < 1.29 is 36.6 Å². The van der Waals surface area contributed by atoms with Gasteiger partial charge >= 0.3 is 12.3 Å². The normalized spacial score (nSPS) is 11.7. The number of pyridine rings is 1. The molecule has 0 atom stereocenters. The van der Waals surface area contributed by atoms with Gasteiger partial charge in [0.2, 0.25) is 5.88 Å². The maximum atomic E-state index is 12.4. The van der Waals surface area contributed by atoms with Crippen LogP contribution in [0.15, 0.2) is 10.9 Å². The van der Waals surface area contributed by atoms with E-state index in [2.05, 4.69) is 4.74 Å². The molecule has 1 heterocycles. The Kier molecular flexibility index (Phi) is 3.58. The minimum atomic E-state index is -5.19. The molecule has 1 aromatic heterocycles. The molecule has 0 saturated heterocycles. The van der Waals surface area contributed by atoms with Crippen LogP contribution in [-0.2, 0) is 0 Å². The Balaban J connectivity index is 3.38. The van der Waals surface area contributed by atoms with Gasteiger partial charge in [-0.25, -0.2) is 13.6 Å². The topological polar surface area (TPSA) is 79.4 Å². The molecule has 1 aromatic rings. The van der Waals surface area contributed by atoms with E-state index in [1.54, 1.807) is 0 Å². The third-order valence-corrected chi connectivity index (χ3v) is 1.70. The molecular formula is C8H4F5NO4. The van der Waals surface area contributed by atoms with E-state index in [4.69, 9.17) is 5.11 Å². The van der Waals surface area contributed by atoms with Gasteiger partial charge in [0, 0.05) is 6.07 Å². The third kappa shape index (κ3) is 3.18. The van der Waals surface area contributed by atoms with Crippen LogP contribution in [0.4, 0.5) is 22.0 Å². The van der Waals surface area contributed by atoms with E-state index in [0.29, 0.717) is 0 Å². The van der Waals surface area contributed by atoms with Crippen molar-refractivity contribution in [2.24, 2.45) is 0 Å². The van der Waals surface area contributed by atoms with Crippen LogP contribution in [0.5, 0.6) is 5.88 Å². The summed E-state index contributed by atoms with van der Waals surface area (Å²) in [5.74, 6) is -3.29. The van der Waals surface area contributed by atoms with Crippen molar-refractivity contribution in [1.82, 2.24) is 4.98 Å². The minimum Gasteiger partial charge on any atom is -0.477 e. The highest BCUT2D eigenvalue weighted by molar-refractivity contribution is 5.87. The molecule has 0 aromatic carbocycles. The minimum absolute atomic E-state index is 0.0986. The molecule has 0 saturated carbocycles. The van der Waals surface area contributed by atoms with Crippen molar-refractivity contribution in [2.45, 2.75) is 12.8 Å². The van der Waals surface area contributed by atoms with Gasteiger partial charge in [0.05, 0.1) is 5.56 Å². The number of rotatable bonds is 3. The zero-order valence-corrected chi connectivity index (χ0v) is 8.22. The van der Waals surface area contributed by atoms with Gasteiger partial charge in [-0.15, -0.1) is 13.2 Å². The molecule has 10 heteroatoms. The Morgan fingerprint density at radius 1 is 1.39 bits per heavy atom. The van der Waals surface area contributed by atoms with Crippen molar-refractivity contribution in [3.63, 3.8) is 0 Å². The zero-order chi connectivity index (χ0) is 14.1. The number of aromatic nitrogens is 1. The summed E-state index contributed by atoms with van der Waals surface area (Å²) in [6, 6.07) is 0.0986. The van der Waals surface area contributed by atoms with Crippen molar-refractivity contribution in [3.05, 3.63) is 27.5 Å². The Morgan fingerprint density at radius 2 is 1.94 bits per heavy atom. The highest BCUT2D eigenvalue weighted by atomic mass is 19.4. The van der Waals surface area contributed by atoms with Gasteiger partial charge in [-0.05, 0) is 0 Å². The number of halogens is 5. The Labute approximate surface area is 94.8 Å². The highest BCUT2D eigenvalue weighted by Crippen LogP contribution is 2.23. The molecule has 0 aliphatic heterocycles. The standard InChI is InChI=1S/C8H4F5NO4/c9-6(10)4-2(15)1-3(18-8(11,12)13)14-5(4)7(16)17/h1,6H,(H,14,15)(H,16,17). The summed E-state index contributed by atoms with van der Waals surface area (Å²) < 4.78 is 63.5. The molecule has 0 aliphatic carbocycles. The number of aromatic carboxylic acids is 1. The summed E-state index contributed by atoms with van der Waals surface area (Å²) in [4.78, 5) is 23.1. The van der Waals surface area contributed by atoms with Crippen molar-refractivity contribution in [3.8, 4) is 5.88 Å². The molecule has 1 rings (SSSR count). The van der Waals surface area contributed by atoms with Crippen LogP contribution in [0, 0.1) is 0 Å². The lowest BCUT2D eigenvalue weighted by Gasteiger charge is -2.11. The van der Waals surface area contributed by atoms with E-state index < -0.39 is 41.3 Å². The number of carboxylic acid groups (broad SMARTS) is 1. The lowest BCUT2D eigenvalue weighted by atomic mass is 10.2. The number of hydrogen-bond donors (Lipinski definition) is 2. The summed E-state index contributed by atoms with van der Waals surface area (Å²) >= 11 is 0. The van der Waals surface area contributed by atoms with Crippen LogP contribution in [0.3, 0.4) is 0 Å². The monoisotopic (exact) mass is 273 g/mol. The van der Waals surface area contributed by atoms with Crippen LogP contribution in [0.1, 0.15) is 22.5 Å². The quantitative estimate of drug-likeness (QED) is 0.824. The third-order valence-electron chi connectivity index (χ3n) is 1.70. The maximum absolute atomic E-state index is 12.4. The second kappa shape index (κ2) is 4.63. The number of alkyl halides is 5. The van der Waals surface area contributed by atoms with Gasteiger partial charge in [-0.2, -0.15) is 0 Å². The first-order valence-corrected chi connectivity index (χ1v) is 4.16. The van der Waals surface area contributed by atoms with Crippen molar-refractivity contribution in [2.75, 3.05) is 0 Å². The van der Waals surface area contributed by atoms with E-state index in [0.717, 1.165) is 0 Å². The van der Waals surface area contributed by atoms with Gasteiger partial charge in [-0.3, -0.25) is 4.79 Å². The lowest BCUT2D eigenvalue weighted by Crippen LogP contribution is -2.23. The molecule has 0 unspecified atom stereocenters. The van der Waals surface area contributed by atoms with Crippen molar-refractivity contribution in [1.29, 1.82) is 0 Å². The lowest BCUT2D eigenvalue weighted by molar-refractivity contribution is -0.276. The molecule has 18 heavy (non-hydrogen) atoms. The first kappa shape index (κ1) is 13.9. The van der Waals surface area contributed by atoms with E-state index in [-0.39, 0.29) is 6.07 Å². The Bertz CT molecular complexity index is 521. The predicted octanol–water partition coefficient (Wildman–Crippen LogP) is 1.91. The molecule has 0 fully saturated rings. The van der Waals surface area contributed by atoms with Gasteiger partial charge in [0.1, 0.15) is 5.69 Å². The van der Waals surface area contributed by atoms with Crippen LogP contribution in [0.2, 0.25) is 0 Å². The smallest absolute Gasteiger partial charge is 0.477 e. The molecule has 100 valence electrons. The summed E-state index contributed by atoms with van der Waals surface area (Å²) in [7, 11) is 0. The average Bonchev–Trinajstić information content (AvgIpc) is 2.12. The second-order valence-electron chi connectivity index (χ2n) is 2.94. The maximum Gasteiger partial charge on any atom is 0.574 e. The number of aromatic amines is 1. The van der Waals surface area contributed by atoms with Crippen LogP contribution in [0.25, 0.3) is 0 Å². The molecule has 0 spiro atoms. The molecule has 0 radical (unpaired) electrons. The zero-order valence-electron chi connectivity index (χ0n) is 8.22. The average molecular weight is 273 g/mol. The fraction of sp³-hybridized carbons (Fsp3) is 0.250. The van der Waals surface area contributed by atoms with Crippen LogP contribution >= 0.6 is 0 Å². The molecule has 5 nitrogen and oxygen atoms in total. The van der Waals surface area contributed by atoms with E-state index in [1.807, 2.05) is 0 Å². The number of carboxylic acids is 1. The Morgan fingerprint density at radius 3 is 2.33 bits per heavy atom. The van der Waals surface area contributed by atoms with Gasteiger partial charge in [0.25, 0.3) is 6.43 Å². The summed E-state index contributed by atoms with van der Waals surface area (Å²) in [5, 5.41) is 8.52. The highest BCUT2D eigenvalue weighted by Gasteiger charge is 2.33. The fourth-order valence-electron chi connectivity index (χ4n) is 1.11. The number of nitrogens with one attached hydrogen (secondary N) is 1. The number of hydrogen-bond acceptors (Lipinski definition) is 3. The number of carbonyl (C=O) groups is 1. The predicted molar refractivity (Wildman–Crippen MR) is 45.7 cm³/mol. The molecule has 0 bridgehead atoms. The fourth-order valence-corrected chi connectivity index (χ4v) is 1.11. The largest absolute Gasteiger partial charge is 0.574 e.